The maximum absolute atomic E-state index is 12.8. The first-order valence-corrected chi connectivity index (χ1v) is 9.32. The molecule has 0 bridgehead atoms. The minimum absolute atomic E-state index is 0.136. The van der Waals surface area contributed by atoms with Gasteiger partial charge in [0.1, 0.15) is 0 Å². The van der Waals surface area contributed by atoms with E-state index in [1.54, 1.807) is 29.2 Å². The summed E-state index contributed by atoms with van der Waals surface area (Å²) in [5, 5.41) is 3.01. The summed E-state index contributed by atoms with van der Waals surface area (Å²) in [5.74, 6) is -1.21. The molecular formula is C22H24N2O4. The van der Waals surface area contributed by atoms with Crippen LogP contribution >= 0.6 is 0 Å². The Kier molecular flexibility index (Phi) is 5.78. The maximum atomic E-state index is 12.8. The molecule has 0 saturated carbocycles. The standard InChI is InChI=1S/C22H24N2O4/c1-4-15-8-5-7-14(2)20(15)23-21(26)17-12-19(25)24(13-17)18-10-6-9-16(11-18)22(27)28-3/h5-11,17H,4,12-13H2,1-3H3,(H,23,26). The molecule has 28 heavy (non-hydrogen) atoms. The van der Waals surface area contributed by atoms with E-state index in [0.29, 0.717) is 11.3 Å². The second-order valence-electron chi connectivity index (χ2n) is 6.90. The van der Waals surface area contributed by atoms with Crippen LogP contribution in [-0.4, -0.2) is 31.4 Å². The molecule has 1 fully saturated rings. The van der Waals surface area contributed by atoms with Crippen LogP contribution in [-0.2, 0) is 20.7 Å². The fraction of sp³-hybridized carbons (Fsp3) is 0.318. The van der Waals surface area contributed by atoms with Gasteiger partial charge in [0, 0.05) is 24.3 Å². The number of carbonyl (C=O) groups is 3. The molecule has 1 aliphatic heterocycles. The van der Waals surface area contributed by atoms with Crippen molar-refractivity contribution in [2.24, 2.45) is 5.92 Å². The van der Waals surface area contributed by atoms with Gasteiger partial charge in [-0.25, -0.2) is 4.79 Å². The molecule has 0 aliphatic carbocycles. The van der Waals surface area contributed by atoms with E-state index in [-0.39, 0.29) is 24.8 Å². The number of nitrogens with zero attached hydrogens (tertiary/aromatic N) is 1. The number of anilines is 2. The number of hydrogen-bond acceptors (Lipinski definition) is 4. The molecule has 0 spiro atoms. The Labute approximate surface area is 164 Å². The average Bonchev–Trinajstić information content (AvgIpc) is 3.10. The number of hydrogen-bond donors (Lipinski definition) is 1. The van der Waals surface area contributed by atoms with E-state index in [2.05, 4.69) is 5.32 Å². The SMILES string of the molecule is CCc1cccc(C)c1NC(=O)C1CC(=O)N(c2cccc(C(=O)OC)c2)C1. The van der Waals surface area contributed by atoms with Crippen molar-refractivity contribution in [1.82, 2.24) is 0 Å². The zero-order valence-corrected chi connectivity index (χ0v) is 16.3. The smallest absolute Gasteiger partial charge is 0.337 e. The minimum Gasteiger partial charge on any atom is -0.465 e. The van der Waals surface area contributed by atoms with Crippen LogP contribution in [0.15, 0.2) is 42.5 Å². The molecule has 2 amide bonds. The number of rotatable bonds is 5. The van der Waals surface area contributed by atoms with Crippen LogP contribution in [0.4, 0.5) is 11.4 Å². The van der Waals surface area contributed by atoms with Crippen molar-refractivity contribution in [2.45, 2.75) is 26.7 Å². The Bertz CT molecular complexity index is 923. The normalized spacial score (nSPS) is 16.2. The van der Waals surface area contributed by atoms with Gasteiger partial charge in [-0.15, -0.1) is 0 Å². The molecule has 1 unspecified atom stereocenters. The van der Waals surface area contributed by atoms with Crippen molar-refractivity contribution in [2.75, 3.05) is 23.9 Å². The molecule has 1 aliphatic rings. The number of nitrogens with one attached hydrogen (secondary N) is 1. The third-order valence-electron chi connectivity index (χ3n) is 5.06. The largest absolute Gasteiger partial charge is 0.465 e. The lowest BCUT2D eigenvalue weighted by Gasteiger charge is -2.18. The Morgan fingerprint density at radius 2 is 1.96 bits per heavy atom. The summed E-state index contributed by atoms with van der Waals surface area (Å²) in [7, 11) is 1.31. The van der Waals surface area contributed by atoms with Crippen LogP contribution < -0.4 is 10.2 Å². The van der Waals surface area contributed by atoms with Crippen molar-refractivity contribution in [3.8, 4) is 0 Å². The van der Waals surface area contributed by atoms with E-state index in [1.807, 2.05) is 32.0 Å². The average molecular weight is 380 g/mol. The lowest BCUT2D eigenvalue weighted by molar-refractivity contribution is -0.122. The van der Waals surface area contributed by atoms with Crippen LogP contribution in [0.5, 0.6) is 0 Å². The highest BCUT2D eigenvalue weighted by Crippen LogP contribution is 2.28. The monoisotopic (exact) mass is 380 g/mol. The Morgan fingerprint density at radius 3 is 2.68 bits per heavy atom. The van der Waals surface area contributed by atoms with Crippen molar-refractivity contribution in [1.29, 1.82) is 0 Å². The summed E-state index contributed by atoms with van der Waals surface area (Å²) in [6, 6.07) is 12.6. The summed E-state index contributed by atoms with van der Waals surface area (Å²) in [4.78, 5) is 38.6. The Morgan fingerprint density at radius 1 is 1.21 bits per heavy atom. The van der Waals surface area contributed by atoms with Gasteiger partial charge in [-0.2, -0.15) is 0 Å². The number of para-hydroxylation sites is 1. The molecule has 0 aromatic heterocycles. The van der Waals surface area contributed by atoms with E-state index in [0.717, 1.165) is 23.2 Å². The Balaban J connectivity index is 1.76. The van der Waals surface area contributed by atoms with E-state index in [9.17, 15) is 14.4 Å². The van der Waals surface area contributed by atoms with Gasteiger partial charge >= 0.3 is 5.97 Å². The molecule has 1 atom stereocenters. The van der Waals surface area contributed by atoms with Crippen LogP contribution in [0.2, 0.25) is 0 Å². The quantitative estimate of drug-likeness (QED) is 0.808. The first-order chi connectivity index (χ1) is 13.4. The van der Waals surface area contributed by atoms with E-state index >= 15 is 0 Å². The van der Waals surface area contributed by atoms with Crippen molar-refractivity contribution in [3.05, 3.63) is 59.2 Å². The van der Waals surface area contributed by atoms with Crippen LogP contribution in [0.1, 0.15) is 34.8 Å². The van der Waals surface area contributed by atoms with Gasteiger partial charge < -0.3 is 15.0 Å². The number of amides is 2. The molecule has 6 heteroatoms. The van der Waals surface area contributed by atoms with E-state index < -0.39 is 11.9 Å². The van der Waals surface area contributed by atoms with Gasteiger partial charge in [0.15, 0.2) is 0 Å². The molecular weight excluding hydrogens is 356 g/mol. The summed E-state index contributed by atoms with van der Waals surface area (Å²) >= 11 is 0. The van der Waals surface area contributed by atoms with Crippen molar-refractivity contribution >= 4 is 29.2 Å². The second kappa shape index (κ2) is 8.25. The molecule has 0 radical (unpaired) electrons. The van der Waals surface area contributed by atoms with Crippen molar-refractivity contribution < 1.29 is 19.1 Å². The minimum atomic E-state index is -0.463. The fourth-order valence-electron chi connectivity index (χ4n) is 3.48. The van der Waals surface area contributed by atoms with Crippen LogP contribution in [0.3, 0.4) is 0 Å². The lowest BCUT2D eigenvalue weighted by Crippen LogP contribution is -2.28. The fourth-order valence-corrected chi connectivity index (χ4v) is 3.48. The predicted molar refractivity (Wildman–Crippen MR) is 107 cm³/mol. The van der Waals surface area contributed by atoms with Gasteiger partial charge in [0.05, 0.1) is 18.6 Å². The number of esters is 1. The van der Waals surface area contributed by atoms with E-state index in [1.165, 1.54) is 7.11 Å². The number of ether oxygens (including phenoxy) is 1. The van der Waals surface area contributed by atoms with Crippen LogP contribution in [0, 0.1) is 12.8 Å². The highest BCUT2D eigenvalue weighted by molar-refractivity contribution is 6.04. The third-order valence-corrected chi connectivity index (χ3v) is 5.06. The zero-order chi connectivity index (χ0) is 20.3. The molecule has 1 heterocycles. The molecule has 1 saturated heterocycles. The first kappa shape index (κ1) is 19.6. The second-order valence-corrected chi connectivity index (χ2v) is 6.90. The summed E-state index contributed by atoms with van der Waals surface area (Å²) in [5.41, 5.74) is 3.86. The molecule has 3 rings (SSSR count). The highest BCUT2D eigenvalue weighted by Gasteiger charge is 2.35. The molecule has 2 aromatic rings. The van der Waals surface area contributed by atoms with Gasteiger partial charge in [0.2, 0.25) is 11.8 Å². The number of aryl methyl sites for hydroxylation is 2. The molecule has 146 valence electrons. The third kappa shape index (κ3) is 3.91. The summed E-state index contributed by atoms with van der Waals surface area (Å²) in [6.07, 6.45) is 0.953. The first-order valence-electron chi connectivity index (χ1n) is 9.32. The number of carbonyl (C=O) groups excluding carboxylic acids is 3. The molecule has 6 nitrogen and oxygen atoms in total. The lowest BCUT2D eigenvalue weighted by atomic mass is 10.0. The highest BCUT2D eigenvalue weighted by atomic mass is 16.5. The predicted octanol–water partition coefficient (Wildman–Crippen LogP) is 3.34. The van der Waals surface area contributed by atoms with Gasteiger partial charge in [-0.3, -0.25) is 9.59 Å². The number of methoxy groups -OCH3 is 1. The summed E-state index contributed by atoms with van der Waals surface area (Å²) in [6.45, 7) is 4.28. The van der Waals surface area contributed by atoms with Crippen molar-refractivity contribution in [3.63, 3.8) is 0 Å². The zero-order valence-electron chi connectivity index (χ0n) is 16.3. The molecule has 1 N–H and O–H groups in total. The van der Waals surface area contributed by atoms with Gasteiger partial charge in [-0.1, -0.05) is 31.2 Å². The van der Waals surface area contributed by atoms with Crippen LogP contribution in [0.25, 0.3) is 0 Å². The summed E-state index contributed by atoms with van der Waals surface area (Å²) < 4.78 is 4.73. The van der Waals surface area contributed by atoms with Gasteiger partial charge in [0.25, 0.3) is 0 Å². The topological polar surface area (TPSA) is 75.7 Å². The molecule has 2 aromatic carbocycles. The van der Waals surface area contributed by atoms with E-state index in [4.69, 9.17) is 4.74 Å². The maximum Gasteiger partial charge on any atom is 0.337 e. The Hall–Kier alpha value is -3.15. The van der Waals surface area contributed by atoms with Gasteiger partial charge in [-0.05, 0) is 42.7 Å². The number of benzene rings is 2.